The van der Waals surface area contributed by atoms with E-state index in [1.807, 2.05) is 59.3 Å². The lowest BCUT2D eigenvalue weighted by atomic mass is 10.1. The minimum Gasteiger partial charge on any atom is -0.454 e. The van der Waals surface area contributed by atoms with Gasteiger partial charge in [-0.05, 0) is 23.8 Å². The van der Waals surface area contributed by atoms with Crippen LogP contribution in [0.15, 0.2) is 72.4 Å². The van der Waals surface area contributed by atoms with Gasteiger partial charge < -0.3 is 18.9 Å². The van der Waals surface area contributed by atoms with Crippen LogP contribution in [0.1, 0.15) is 11.1 Å². The van der Waals surface area contributed by atoms with Gasteiger partial charge in [-0.15, -0.1) is 0 Å². The first-order chi connectivity index (χ1) is 12.4. The Morgan fingerprint density at radius 3 is 2.84 bits per heavy atom. The molecule has 6 heteroatoms. The molecule has 1 aromatic heterocycles. The molecule has 0 amide bonds. The van der Waals surface area contributed by atoms with Crippen LogP contribution < -0.4 is 9.47 Å². The number of hydrogen-bond donors (Lipinski definition) is 0. The van der Waals surface area contributed by atoms with E-state index in [1.54, 1.807) is 12.5 Å². The van der Waals surface area contributed by atoms with E-state index in [4.69, 9.17) is 14.3 Å². The number of fused-ring (bicyclic) bond motifs is 1. The lowest BCUT2D eigenvalue weighted by Gasteiger charge is -2.09. The highest BCUT2D eigenvalue weighted by Crippen LogP contribution is 2.32. The maximum absolute atomic E-state index is 5.59. The van der Waals surface area contributed by atoms with E-state index in [9.17, 15) is 0 Å². The zero-order valence-electron chi connectivity index (χ0n) is 13.5. The molecule has 0 N–H and O–H groups in total. The number of hydrogen-bond acceptors (Lipinski definition) is 5. The monoisotopic (exact) mass is 335 g/mol. The molecule has 2 heterocycles. The van der Waals surface area contributed by atoms with Crippen LogP contribution in [0, 0.1) is 0 Å². The summed E-state index contributed by atoms with van der Waals surface area (Å²) in [5.74, 6) is 1.47. The van der Waals surface area contributed by atoms with Gasteiger partial charge in [0, 0.05) is 18.0 Å². The first-order valence-electron chi connectivity index (χ1n) is 7.97. The molecule has 6 nitrogen and oxygen atoms in total. The maximum Gasteiger partial charge on any atom is 0.231 e. The van der Waals surface area contributed by atoms with E-state index in [0.29, 0.717) is 13.2 Å². The van der Waals surface area contributed by atoms with Gasteiger partial charge in [-0.2, -0.15) is 0 Å². The van der Waals surface area contributed by atoms with Crippen LogP contribution in [0.25, 0.3) is 0 Å². The van der Waals surface area contributed by atoms with Crippen LogP contribution in [0.2, 0.25) is 0 Å². The topological polar surface area (TPSA) is 57.9 Å². The summed E-state index contributed by atoms with van der Waals surface area (Å²) in [6, 6.07) is 15.7. The number of oxime groups is 1. The van der Waals surface area contributed by atoms with Gasteiger partial charge in [-0.25, -0.2) is 4.98 Å². The summed E-state index contributed by atoms with van der Waals surface area (Å²) in [5, 5.41) is 4.36. The number of rotatable bonds is 6. The Morgan fingerprint density at radius 2 is 2.00 bits per heavy atom. The smallest absolute Gasteiger partial charge is 0.231 e. The molecular formula is C19H17N3O3. The summed E-state index contributed by atoms with van der Waals surface area (Å²) in [5.41, 5.74) is 2.78. The van der Waals surface area contributed by atoms with E-state index in [2.05, 4.69) is 10.1 Å². The average Bonchev–Trinajstić information content (AvgIpc) is 3.32. The van der Waals surface area contributed by atoms with Gasteiger partial charge in [0.15, 0.2) is 11.5 Å². The minimum atomic E-state index is 0.247. The van der Waals surface area contributed by atoms with Crippen molar-refractivity contribution in [1.82, 2.24) is 9.55 Å². The van der Waals surface area contributed by atoms with Crippen LogP contribution in [-0.2, 0) is 18.0 Å². The standard InChI is InChI=1S/C19H17N3O3/c1-2-4-15(5-3-1)12-25-21-17(11-22-9-8-20-13-22)16-6-7-18-19(10-16)24-14-23-18/h1-10,13H,11-12,14H2/b21-17+. The van der Waals surface area contributed by atoms with Crippen LogP contribution in [-0.4, -0.2) is 22.1 Å². The van der Waals surface area contributed by atoms with Crippen molar-refractivity contribution in [1.29, 1.82) is 0 Å². The molecule has 0 bridgehead atoms. The molecule has 2 aromatic carbocycles. The highest BCUT2D eigenvalue weighted by Gasteiger charge is 2.16. The van der Waals surface area contributed by atoms with Crippen molar-refractivity contribution in [2.45, 2.75) is 13.2 Å². The maximum atomic E-state index is 5.59. The highest BCUT2D eigenvalue weighted by atomic mass is 16.7. The molecule has 3 aromatic rings. The van der Waals surface area contributed by atoms with Gasteiger partial charge in [0.05, 0.1) is 12.9 Å². The second-order valence-corrected chi connectivity index (χ2v) is 5.60. The fourth-order valence-corrected chi connectivity index (χ4v) is 2.56. The number of aromatic nitrogens is 2. The van der Waals surface area contributed by atoms with Crippen LogP contribution >= 0.6 is 0 Å². The molecule has 126 valence electrons. The molecule has 0 fully saturated rings. The van der Waals surface area contributed by atoms with Crippen molar-refractivity contribution >= 4 is 5.71 Å². The van der Waals surface area contributed by atoms with E-state index in [-0.39, 0.29) is 6.79 Å². The van der Waals surface area contributed by atoms with Crippen molar-refractivity contribution in [3.05, 3.63) is 78.4 Å². The van der Waals surface area contributed by atoms with Crippen molar-refractivity contribution < 1.29 is 14.3 Å². The molecule has 0 atom stereocenters. The van der Waals surface area contributed by atoms with Gasteiger partial charge in [0.25, 0.3) is 0 Å². The Balaban J connectivity index is 1.56. The summed E-state index contributed by atoms with van der Waals surface area (Å²) in [6.07, 6.45) is 5.38. The van der Waals surface area contributed by atoms with Crippen LogP contribution in [0.4, 0.5) is 0 Å². The number of benzene rings is 2. The van der Waals surface area contributed by atoms with E-state index >= 15 is 0 Å². The number of imidazole rings is 1. The van der Waals surface area contributed by atoms with Crippen LogP contribution in [0.3, 0.4) is 0 Å². The normalized spacial score (nSPS) is 13.0. The Kier molecular flexibility index (Phi) is 4.33. The fraction of sp³-hybridized carbons (Fsp3) is 0.158. The van der Waals surface area contributed by atoms with Crippen molar-refractivity contribution in [3.8, 4) is 11.5 Å². The third-order valence-electron chi connectivity index (χ3n) is 3.85. The number of nitrogens with zero attached hydrogens (tertiary/aromatic N) is 3. The lowest BCUT2D eigenvalue weighted by molar-refractivity contribution is 0.130. The summed E-state index contributed by atoms with van der Waals surface area (Å²) >= 11 is 0. The molecule has 25 heavy (non-hydrogen) atoms. The summed E-state index contributed by atoms with van der Waals surface area (Å²) in [7, 11) is 0. The fourth-order valence-electron chi connectivity index (χ4n) is 2.56. The Morgan fingerprint density at radius 1 is 1.12 bits per heavy atom. The first kappa shape index (κ1) is 15.3. The second-order valence-electron chi connectivity index (χ2n) is 5.60. The van der Waals surface area contributed by atoms with Crippen LogP contribution in [0.5, 0.6) is 11.5 Å². The Bertz CT molecular complexity index is 861. The zero-order valence-corrected chi connectivity index (χ0v) is 13.5. The molecule has 0 saturated heterocycles. The quantitative estimate of drug-likeness (QED) is 0.513. The third-order valence-corrected chi connectivity index (χ3v) is 3.85. The van der Waals surface area contributed by atoms with Crippen molar-refractivity contribution in [3.63, 3.8) is 0 Å². The molecular weight excluding hydrogens is 318 g/mol. The molecule has 1 aliphatic heterocycles. The summed E-state index contributed by atoms with van der Waals surface area (Å²) < 4.78 is 12.8. The third kappa shape index (κ3) is 3.63. The van der Waals surface area contributed by atoms with E-state index in [0.717, 1.165) is 28.3 Å². The van der Waals surface area contributed by atoms with Gasteiger partial charge in [0.1, 0.15) is 12.3 Å². The largest absolute Gasteiger partial charge is 0.454 e. The molecule has 0 saturated carbocycles. The molecule has 0 spiro atoms. The van der Waals surface area contributed by atoms with E-state index in [1.165, 1.54) is 0 Å². The zero-order chi connectivity index (χ0) is 16.9. The lowest BCUT2D eigenvalue weighted by Crippen LogP contribution is -2.11. The van der Waals surface area contributed by atoms with Crippen molar-refractivity contribution in [2.24, 2.45) is 5.16 Å². The van der Waals surface area contributed by atoms with Gasteiger partial charge >= 0.3 is 0 Å². The predicted molar refractivity (Wildman–Crippen MR) is 92.6 cm³/mol. The van der Waals surface area contributed by atoms with Crippen molar-refractivity contribution in [2.75, 3.05) is 6.79 Å². The molecule has 0 radical (unpaired) electrons. The first-order valence-corrected chi connectivity index (χ1v) is 7.97. The molecule has 0 unspecified atom stereocenters. The minimum absolute atomic E-state index is 0.247. The van der Waals surface area contributed by atoms with Gasteiger partial charge in [0.2, 0.25) is 6.79 Å². The summed E-state index contributed by atoms with van der Waals surface area (Å²) in [4.78, 5) is 9.66. The van der Waals surface area contributed by atoms with E-state index < -0.39 is 0 Å². The van der Waals surface area contributed by atoms with Gasteiger partial charge in [-0.3, -0.25) is 0 Å². The Hall–Kier alpha value is -3.28. The molecule has 0 aliphatic carbocycles. The second kappa shape index (κ2) is 7.09. The molecule has 4 rings (SSSR count). The summed E-state index contributed by atoms with van der Waals surface area (Å²) in [6.45, 7) is 1.21. The number of ether oxygens (including phenoxy) is 2. The molecule has 1 aliphatic rings. The predicted octanol–water partition coefficient (Wildman–Crippen LogP) is 3.23. The Labute approximate surface area is 145 Å². The highest BCUT2D eigenvalue weighted by molar-refractivity contribution is 6.00. The van der Waals surface area contributed by atoms with Gasteiger partial charge in [-0.1, -0.05) is 35.5 Å². The average molecular weight is 335 g/mol. The SMILES string of the molecule is c1ccc(CO/N=C(\Cn2ccnc2)c2ccc3c(c2)OCO3)cc1.